The summed E-state index contributed by atoms with van der Waals surface area (Å²) in [5, 5.41) is 4.17. The number of piperidine rings is 1. The molecular formula is C25H24Cl2N6O2. The van der Waals surface area contributed by atoms with Gasteiger partial charge in [0.25, 0.3) is 0 Å². The van der Waals surface area contributed by atoms with Gasteiger partial charge in [0.1, 0.15) is 12.2 Å². The lowest BCUT2D eigenvalue weighted by Gasteiger charge is -2.32. The number of carbonyl (C=O) groups is 1. The van der Waals surface area contributed by atoms with Gasteiger partial charge in [0, 0.05) is 35.4 Å². The average Bonchev–Trinajstić information content (AvgIpc) is 3.25. The molecule has 1 saturated heterocycles. The number of benzene rings is 2. The second kappa shape index (κ2) is 10.1. The van der Waals surface area contributed by atoms with Crippen LogP contribution in [0.4, 0.5) is 10.6 Å². The smallest absolute Gasteiger partial charge is 0.407 e. The number of ether oxygens (including phenoxy) is 1. The Kier molecular flexibility index (Phi) is 6.74. The first-order valence-corrected chi connectivity index (χ1v) is 12.2. The van der Waals surface area contributed by atoms with Gasteiger partial charge in [0.2, 0.25) is 0 Å². The number of imidazole rings is 1. The maximum Gasteiger partial charge on any atom is 0.407 e. The van der Waals surface area contributed by atoms with Crippen molar-refractivity contribution in [2.45, 2.75) is 25.8 Å². The van der Waals surface area contributed by atoms with Crippen molar-refractivity contribution in [1.29, 1.82) is 0 Å². The van der Waals surface area contributed by atoms with E-state index in [2.05, 4.69) is 20.2 Å². The highest BCUT2D eigenvalue weighted by Crippen LogP contribution is 2.35. The molecule has 4 aromatic rings. The largest absolute Gasteiger partial charge is 0.450 e. The molecule has 2 aromatic carbocycles. The van der Waals surface area contributed by atoms with Crippen LogP contribution in [0.15, 0.2) is 54.9 Å². The minimum atomic E-state index is -0.374. The van der Waals surface area contributed by atoms with Gasteiger partial charge in [-0.3, -0.25) is 4.57 Å². The topological polar surface area (TPSA) is 85.2 Å². The number of alkyl carbamates (subject to hydrolysis) is 1. The number of nitrogens with zero attached hydrogens (tertiary/aromatic N) is 5. The van der Waals surface area contributed by atoms with Crippen LogP contribution in [0.25, 0.3) is 28.2 Å². The molecule has 5 rings (SSSR count). The third-order valence-corrected chi connectivity index (χ3v) is 6.60. The average molecular weight is 511 g/mol. The summed E-state index contributed by atoms with van der Waals surface area (Å²) >= 11 is 12.7. The van der Waals surface area contributed by atoms with Crippen LogP contribution in [0.2, 0.25) is 10.0 Å². The van der Waals surface area contributed by atoms with E-state index in [1.54, 1.807) is 13.3 Å². The lowest BCUT2D eigenvalue weighted by molar-refractivity contribution is 0.146. The molecular weight excluding hydrogens is 487 g/mol. The number of hydrogen-bond acceptors (Lipinski definition) is 6. The van der Waals surface area contributed by atoms with Gasteiger partial charge in [-0.15, -0.1) is 0 Å². The van der Waals surface area contributed by atoms with Gasteiger partial charge in [-0.2, -0.15) is 0 Å². The molecule has 0 radical (unpaired) electrons. The molecule has 3 heterocycles. The number of hydrogen-bond donors (Lipinski definition) is 1. The molecule has 10 heteroatoms. The molecule has 35 heavy (non-hydrogen) atoms. The van der Waals surface area contributed by atoms with Gasteiger partial charge in [0.05, 0.1) is 11.6 Å². The molecule has 0 spiro atoms. The molecule has 1 N–H and O–H groups in total. The molecule has 180 valence electrons. The van der Waals surface area contributed by atoms with Gasteiger partial charge in [0.15, 0.2) is 17.0 Å². The Bertz CT molecular complexity index is 1350. The predicted molar refractivity (Wildman–Crippen MR) is 138 cm³/mol. The van der Waals surface area contributed by atoms with E-state index >= 15 is 0 Å². The summed E-state index contributed by atoms with van der Waals surface area (Å²) in [6, 6.07) is 15.2. The molecule has 2 aromatic heterocycles. The number of rotatable bonds is 5. The fourth-order valence-electron chi connectivity index (χ4n) is 4.34. The molecule has 1 fully saturated rings. The zero-order valence-electron chi connectivity index (χ0n) is 19.1. The van der Waals surface area contributed by atoms with Gasteiger partial charge in [-0.05, 0) is 56.2 Å². The number of anilines is 1. The summed E-state index contributed by atoms with van der Waals surface area (Å²) in [5.41, 5.74) is 3.03. The number of aromatic nitrogens is 4. The SMILES string of the molecule is CCOC(=O)NC1CCN(c2ncnc3c2nc(-c2ccccc2Cl)n3-c2ccc(Cl)cc2)CC1. The van der Waals surface area contributed by atoms with Gasteiger partial charge in [-0.25, -0.2) is 19.7 Å². The monoisotopic (exact) mass is 510 g/mol. The van der Waals surface area contributed by atoms with Crippen LogP contribution in [0.5, 0.6) is 0 Å². The maximum absolute atomic E-state index is 11.8. The maximum atomic E-state index is 11.8. The van der Waals surface area contributed by atoms with Crippen LogP contribution in [-0.2, 0) is 4.74 Å². The zero-order chi connectivity index (χ0) is 24.4. The summed E-state index contributed by atoms with van der Waals surface area (Å²) in [4.78, 5) is 28.2. The number of carbonyl (C=O) groups excluding carboxylic acids is 1. The van der Waals surface area contributed by atoms with Crippen LogP contribution >= 0.6 is 23.2 Å². The molecule has 0 saturated carbocycles. The Hall–Kier alpha value is -3.36. The highest BCUT2D eigenvalue weighted by atomic mass is 35.5. The van der Waals surface area contributed by atoms with Gasteiger partial charge < -0.3 is 15.0 Å². The van der Waals surface area contributed by atoms with Crippen molar-refractivity contribution >= 4 is 46.3 Å². The van der Waals surface area contributed by atoms with E-state index in [0.717, 1.165) is 43.0 Å². The second-order valence-corrected chi connectivity index (χ2v) is 9.07. The quantitative estimate of drug-likeness (QED) is 0.381. The molecule has 1 amide bonds. The van der Waals surface area contributed by atoms with E-state index in [1.165, 1.54) is 0 Å². The molecule has 0 unspecified atom stereocenters. The first kappa shape index (κ1) is 23.4. The van der Waals surface area contributed by atoms with E-state index < -0.39 is 0 Å². The molecule has 0 bridgehead atoms. The molecule has 0 atom stereocenters. The van der Waals surface area contributed by atoms with Crippen molar-refractivity contribution in [2.75, 3.05) is 24.6 Å². The lowest BCUT2D eigenvalue weighted by Crippen LogP contribution is -2.45. The van der Waals surface area contributed by atoms with Crippen molar-refractivity contribution in [3.63, 3.8) is 0 Å². The van der Waals surface area contributed by atoms with Crippen LogP contribution in [0, 0.1) is 0 Å². The van der Waals surface area contributed by atoms with E-state index in [4.69, 9.17) is 32.9 Å². The van der Waals surface area contributed by atoms with E-state index in [9.17, 15) is 4.79 Å². The highest BCUT2D eigenvalue weighted by Gasteiger charge is 2.26. The number of nitrogens with one attached hydrogen (secondary N) is 1. The van der Waals surface area contributed by atoms with Crippen LogP contribution < -0.4 is 10.2 Å². The summed E-state index contributed by atoms with van der Waals surface area (Å²) in [6.45, 7) is 3.59. The highest BCUT2D eigenvalue weighted by molar-refractivity contribution is 6.33. The Labute approximate surface area is 212 Å². The second-order valence-electron chi connectivity index (χ2n) is 8.22. The van der Waals surface area contributed by atoms with Crippen molar-refractivity contribution in [1.82, 2.24) is 24.8 Å². The van der Waals surface area contributed by atoms with E-state index in [0.29, 0.717) is 33.6 Å². The summed E-state index contributed by atoms with van der Waals surface area (Å²) < 4.78 is 6.99. The molecule has 0 aliphatic carbocycles. The van der Waals surface area contributed by atoms with Crippen LogP contribution in [0.3, 0.4) is 0 Å². The lowest BCUT2D eigenvalue weighted by atomic mass is 10.1. The number of amides is 1. The van der Waals surface area contributed by atoms with Crippen molar-refractivity contribution in [2.24, 2.45) is 0 Å². The summed E-state index contributed by atoms with van der Waals surface area (Å²) in [5.74, 6) is 1.43. The Morgan fingerprint density at radius 1 is 1.09 bits per heavy atom. The fraction of sp³-hybridized carbons (Fsp3) is 0.280. The third-order valence-electron chi connectivity index (χ3n) is 6.02. The van der Waals surface area contributed by atoms with Crippen molar-refractivity contribution in [3.8, 4) is 17.1 Å². The fourth-order valence-corrected chi connectivity index (χ4v) is 4.69. The third kappa shape index (κ3) is 4.76. The molecule has 1 aliphatic heterocycles. The number of halogens is 2. The van der Waals surface area contributed by atoms with Crippen LogP contribution in [0.1, 0.15) is 19.8 Å². The van der Waals surface area contributed by atoms with Crippen molar-refractivity contribution < 1.29 is 9.53 Å². The van der Waals surface area contributed by atoms with Gasteiger partial charge >= 0.3 is 6.09 Å². The van der Waals surface area contributed by atoms with E-state index in [1.807, 2.05) is 53.1 Å². The van der Waals surface area contributed by atoms with Gasteiger partial charge in [-0.1, -0.05) is 35.3 Å². The normalized spacial score (nSPS) is 14.3. The Morgan fingerprint density at radius 3 is 2.54 bits per heavy atom. The molecule has 1 aliphatic rings. The predicted octanol–water partition coefficient (Wildman–Crippen LogP) is 5.50. The standard InChI is InChI=1S/C25H24Cl2N6O2/c1-2-35-25(34)30-17-11-13-32(14-12-17)23-21-24(29-15-28-23)33(18-9-7-16(26)8-10-18)22(31-21)19-5-3-4-6-20(19)27/h3-10,15,17H,2,11-14H2,1H3,(H,30,34). The van der Waals surface area contributed by atoms with E-state index in [-0.39, 0.29) is 12.1 Å². The van der Waals surface area contributed by atoms with Crippen LogP contribution in [-0.4, -0.2) is 51.4 Å². The summed E-state index contributed by atoms with van der Waals surface area (Å²) in [7, 11) is 0. The number of fused-ring (bicyclic) bond motifs is 1. The first-order chi connectivity index (χ1) is 17.0. The molecule has 8 nitrogen and oxygen atoms in total. The van der Waals surface area contributed by atoms with Crippen molar-refractivity contribution in [3.05, 3.63) is 64.9 Å². The Balaban J connectivity index is 1.54. The Morgan fingerprint density at radius 2 is 1.83 bits per heavy atom. The minimum Gasteiger partial charge on any atom is -0.450 e. The summed E-state index contributed by atoms with van der Waals surface area (Å²) in [6.07, 6.45) is 2.74. The first-order valence-electron chi connectivity index (χ1n) is 11.5. The minimum absolute atomic E-state index is 0.0629. The zero-order valence-corrected chi connectivity index (χ0v) is 20.6.